The average molecular weight is 220 g/mol. The summed E-state index contributed by atoms with van der Waals surface area (Å²) in [7, 11) is 2.01. The standard InChI is InChI=1S/C12H20N4/c1-16-8-14-15-11(16)6-7-13-12(9-2-3-9)10-4-5-10/h8-10,12-13H,2-7H2,1H3. The van der Waals surface area contributed by atoms with E-state index in [-0.39, 0.29) is 0 Å². The van der Waals surface area contributed by atoms with Crippen molar-refractivity contribution in [3.8, 4) is 0 Å². The Hall–Kier alpha value is -0.900. The normalized spacial score (nSPS) is 20.6. The number of aryl methyl sites for hydroxylation is 1. The lowest BCUT2D eigenvalue weighted by Gasteiger charge is -2.17. The molecule has 1 N–H and O–H groups in total. The Balaban J connectivity index is 1.46. The van der Waals surface area contributed by atoms with Crippen molar-refractivity contribution < 1.29 is 0 Å². The molecule has 2 saturated carbocycles. The van der Waals surface area contributed by atoms with Crippen molar-refractivity contribution in [2.45, 2.75) is 38.1 Å². The predicted octanol–water partition coefficient (Wildman–Crippen LogP) is 1.14. The number of nitrogens with zero attached hydrogens (tertiary/aromatic N) is 3. The molecule has 4 nitrogen and oxygen atoms in total. The number of rotatable bonds is 6. The minimum absolute atomic E-state index is 0.799. The van der Waals surface area contributed by atoms with Gasteiger partial charge in [-0.1, -0.05) is 0 Å². The van der Waals surface area contributed by atoms with Crippen LogP contribution < -0.4 is 5.32 Å². The third-order valence-corrected chi connectivity index (χ3v) is 3.79. The van der Waals surface area contributed by atoms with E-state index in [0.29, 0.717) is 0 Å². The molecule has 2 fully saturated rings. The highest BCUT2D eigenvalue weighted by Gasteiger charge is 2.40. The van der Waals surface area contributed by atoms with Crippen LogP contribution in [0.5, 0.6) is 0 Å². The van der Waals surface area contributed by atoms with Crippen LogP contribution in [0, 0.1) is 11.8 Å². The van der Waals surface area contributed by atoms with Gasteiger partial charge >= 0.3 is 0 Å². The fraction of sp³-hybridized carbons (Fsp3) is 0.833. The molecule has 0 radical (unpaired) electrons. The van der Waals surface area contributed by atoms with Crippen LogP contribution in [0.25, 0.3) is 0 Å². The number of aromatic nitrogens is 3. The molecule has 0 amide bonds. The zero-order valence-corrected chi connectivity index (χ0v) is 9.89. The molecule has 1 aromatic rings. The smallest absolute Gasteiger partial charge is 0.133 e. The van der Waals surface area contributed by atoms with Crippen molar-refractivity contribution in [1.29, 1.82) is 0 Å². The maximum Gasteiger partial charge on any atom is 0.133 e. The van der Waals surface area contributed by atoms with E-state index in [2.05, 4.69) is 15.5 Å². The summed E-state index contributed by atoms with van der Waals surface area (Å²) in [5.41, 5.74) is 0. The van der Waals surface area contributed by atoms with E-state index in [9.17, 15) is 0 Å². The molecule has 0 unspecified atom stereocenters. The Morgan fingerprint density at radius 1 is 1.38 bits per heavy atom. The van der Waals surface area contributed by atoms with Gasteiger partial charge in [-0.25, -0.2) is 0 Å². The van der Waals surface area contributed by atoms with Crippen LogP contribution in [0.4, 0.5) is 0 Å². The van der Waals surface area contributed by atoms with Gasteiger partial charge in [-0.05, 0) is 37.5 Å². The molecule has 1 aromatic heterocycles. The van der Waals surface area contributed by atoms with Gasteiger partial charge in [0.15, 0.2) is 0 Å². The number of hydrogen-bond acceptors (Lipinski definition) is 3. The van der Waals surface area contributed by atoms with Crippen LogP contribution in [0.3, 0.4) is 0 Å². The van der Waals surface area contributed by atoms with Crippen LogP contribution in [-0.2, 0) is 13.5 Å². The zero-order chi connectivity index (χ0) is 11.0. The molecule has 0 bridgehead atoms. The van der Waals surface area contributed by atoms with Gasteiger partial charge in [0.1, 0.15) is 12.2 Å². The molecule has 0 aliphatic heterocycles. The molecule has 2 aliphatic rings. The van der Waals surface area contributed by atoms with Crippen LogP contribution in [-0.4, -0.2) is 27.4 Å². The summed E-state index contributed by atoms with van der Waals surface area (Å²) in [6.45, 7) is 1.05. The highest BCUT2D eigenvalue weighted by Crippen LogP contribution is 2.44. The molecule has 16 heavy (non-hydrogen) atoms. The maximum absolute atomic E-state index is 4.11. The van der Waals surface area contributed by atoms with Crippen LogP contribution in [0.2, 0.25) is 0 Å². The van der Waals surface area contributed by atoms with Gasteiger partial charge in [0.05, 0.1) is 0 Å². The minimum Gasteiger partial charge on any atom is -0.321 e. The fourth-order valence-corrected chi connectivity index (χ4v) is 2.51. The first-order chi connectivity index (χ1) is 7.84. The summed E-state index contributed by atoms with van der Waals surface area (Å²) in [4.78, 5) is 0. The summed E-state index contributed by atoms with van der Waals surface area (Å²) >= 11 is 0. The Morgan fingerprint density at radius 3 is 2.56 bits per heavy atom. The second-order valence-corrected chi connectivity index (χ2v) is 5.26. The van der Waals surface area contributed by atoms with Crippen LogP contribution in [0.15, 0.2) is 6.33 Å². The molecule has 4 heteroatoms. The monoisotopic (exact) mass is 220 g/mol. The molecule has 0 atom stereocenters. The molecule has 0 spiro atoms. The molecular formula is C12H20N4. The summed E-state index contributed by atoms with van der Waals surface area (Å²) < 4.78 is 2.00. The van der Waals surface area contributed by atoms with Crippen molar-refractivity contribution >= 4 is 0 Å². The number of hydrogen-bond donors (Lipinski definition) is 1. The Bertz CT molecular complexity index is 340. The lowest BCUT2D eigenvalue weighted by Crippen LogP contribution is -2.34. The molecule has 0 aromatic carbocycles. The third kappa shape index (κ3) is 2.26. The second kappa shape index (κ2) is 4.17. The molecular weight excluding hydrogens is 200 g/mol. The fourth-order valence-electron chi connectivity index (χ4n) is 2.51. The molecule has 0 saturated heterocycles. The highest BCUT2D eigenvalue weighted by molar-refractivity contribution is 4.97. The quantitative estimate of drug-likeness (QED) is 0.781. The van der Waals surface area contributed by atoms with Crippen LogP contribution in [0.1, 0.15) is 31.5 Å². The molecule has 1 heterocycles. The van der Waals surface area contributed by atoms with Crippen LogP contribution >= 0.6 is 0 Å². The van der Waals surface area contributed by atoms with Crippen molar-refractivity contribution in [2.24, 2.45) is 18.9 Å². The predicted molar refractivity (Wildman–Crippen MR) is 61.9 cm³/mol. The van der Waals surface area contributed by atoms with Crippen molar-refractivity contribution in [2.75, 3.05) is 6.54 Å². The molecule has 2 aliphatic carbocycles. The second-order valence-electron chi connectivity index (χ2n) is 5.26. The molecule has 88 valence electrons. The van der Waals surface area contributed by atoms with Gasteiger partial charge in [-0.3, -0.25) is 0 Å². The lowest BCUT2D eigenvalue weighted by atomic mass is 10.1. The summed E-state index contributed by atoms with van der Waals surface area (Å²) in [5.74, 6) is 3.04. The summed E-state index contributed by atoms with van der Waals surface area (Å²) in [5, 5.41) is 11.7. The van der Waals surface area contributed by atoms with E-state index in [1.807, 2.05) is 11.6 Å². The first-order valence-electron chi connectivity index (χ1n) is 6.41. The first kappa shape index (κ1) is 10.3. The number of nitrogens with one attached hydrogen (secondary N) is 1. The lowest BCUT2D eigenvalue weighted by molar-refractivity contribution is 0.417. The van der Waals surface area contributed by atoms with E-state index >= 15 is 0 Å². The van der Waals surface area contributed by atoms with Gasteiger partial charge in [-0.15, -0.1) is 10.2 Å². The van der Waals surface area contributed by atoms with E-state index < -0.39 is 0 Å². The van der Waals surface area contributed by atoms with Crippen molar-refractivity contribution in [1.82, 2.24) is 20.1 Å². The molecule has 3 rings (SSSR count). The van der Waals surface area contributed by atoms with E-state index in [1.165, 1.54) is 25.7 Å². The van der Waals surface area contributed by atoms with E-state index in [4.69, 9.17) is 0 Å². The Kier molecular flexibility index (Phi) is 2.67. The Labute approximate surface area is 96.4 Å². The van der Waals surface area contributed by atoms with E-state index in [1.54, 1.807) is 6.33 Å². The van der Waals surface area contributed by atoms with Crippen molar-refractivity contribution in [3.05, 3.63) is 12.2 Å². The zero-order valence-electron chi connectivity index (χ0n) is 9.89. The van der Waals surface area contributed by atoms with Gasteiger partial charge in [0, 0.05) is 26.1 Å². The highest BCUT2D eigenvalue weighted by atomic mass is 15.2. The largest absolute Gasteiger partial charge is 0.321 e. The van der Waals surface area contributed by atoms with Gasteiger partial charge in [-0.2, -0.15) is 0 Å². The SMILES string of the molecule is Cn1cnnc1CCNC(C1CC1)C1CC1. The first-order valence-corrected chi connectivity index (χ1v) is 6.41. The summed E-state index contributed by atoms with van der Waals surface area (Å²) in [6, 6.07) is 0.799. The minimum atomic E-state index is 0.799. The van der Waals surface area contributed by atoms with Gasteiger partial charge in [0.2, 0.25) is 0 Å². The Morgan fingerprint density at radius 2 is 2.06 bits per heavy atom. The van der Waals surface area contributed by atoms with Gasteiger partial charge < -0.3 is 9.88 Å². The third-order valence-electron chi connectivity index (χ3n) is 3.79. The maximum atomic E-state index is 4.11. The van der Waals surface area contributed by atoms with E-state index in [0.717, 1.165) is 36.7 Å². The average Bonchev–Trinajstić information content (AvgIpc) is 3.15. The van der Waals surface area contributed by atoms with Crippen molar-refractivity contribution in [3.63, 3.8) is 0 Å². The summed E-state index contributed by atoms with van der Waals surface area (Å²) in [6.07, 6.45) is 8.54. The van der Waals surface area contributed by atoms with Gasteiger partial charge in [0.25, 0.3) is 0 Å². The topological polar surface area (TPSA) is 42.7 Å².